The van der Waals surface area contributed by atoms with E-state index in [-0.39, 0.29) is 6.04 Å². The molecule has 0 spiro atoms. The number of hydrogen-bond donors (Lipinski definition) is 4. The summed E-state index contributed by atoms with van der Waals surface area (Å²) in [4.78, 5) is 21.4. The molecule has 1 rings (SSSR count). The van der Waals surface area contributed by atoms with E-state index >= 15 is 0 Å². The van der Waals surface area contributed by atoms with Crippen molar-refractivity contribution in [3.05, 3.63) is 0 Å². The molecule has 6 heteroatoms. The van der Waals surface area contributed by atoms with Gasteiger partial charge in [0.2, 0.25) is 0 Å². The van der Waals surface area contributed by atoms with E-state index in [1.165, 1.54) is 6.42 Å². The Morgan fingerprint density at radius 3 is 2.29 bits per heavy atom. The highest BCUT2D eigenvalue weighted by Crippen LogP contribution is 2.16. The zero-order chi connectivity index (χ0) is 10.4. The Morgan fingerprint density at radius 2 is 1.71 bits per heavy atom. The normalized spacial score (nSPS) is 17.1. The van der Waals surface area contributed by atoms with Gasteiger partial charge in [-0.25, -0.2) is 20.4 Å². The third kappa shape index (κ3) is 3.97. The SMILES string of the molecule is NC(=O)NNC(=O)NC1CCCCC1. The average molecular weight is 200 g/mol. The van der Waals surface area contributed by atoms with Crippen LogP contribution >= 0.6 is 0 Å². The van der Waals surface area contributed by atoms with Crippen molar-refractivity contribution in [2.45, 2.75) is 38.1 Å². The summed E-state index contributed by atoms with van der Waals surface area (Å²) in [5.41, 5.74) is 8.95. The molecule has 5 N–H and O–H groups in total. The molecule has 0 unspecified atom stereocenters. The summed E-state index contributed by atoms with van der Waals surface area (Å²) in [5, 5.41) is 2.75. The summed E-state index contributed by atoms with van der Waals surface area (Å²) in [6, 6.07) is -0.960. The Morgan fingerprint density at radius 1 is 1.07 bits per heavy atom. The Hall–Kier alpha value is -1.46. The van der Waals surface area contributed by atoms with Crippen molar-refractivity contribution in [2.24, 2.45) is 5.73 Å². The zero-order valence-corrected chi connectivity index (χ0v) is 8.01. The maximum atomic E-state index is 11.1. The van der Waals surface area contributed by atoms with Gasteiger partial charge in [-0.3, -0.25) is 0 Å². The van der Waals surface area contributed by atoms with E-state index in [4.69, 9.17) is 5.73 Å². The number of hydrogen-bond acceptors (Lipinski definition) is 2. The molecule has 14 heavy (non-hydrogen) atoms. The van der Waals surface area contributed by atoms with Crippen LogP contribution in [0.5, 0.6) is 0 Å². The first-order chi connectivity index (χ1) is 6.68. The molecule has 0 aromatic rings. The molecule has 0 heterocycles. The fraction of sp³-hybridized carbons (Fsp3) is 0.750. The molecule has 0 aromatic heterocycles. The Labute approximate surface area is 82.6 Å². The van der Waals surface area contributed by atoms with Gasteiger partial charge < -0.3 is 11.1 Å². The van der Waals surface area contributed by atoms with Crippen LogP contribution in [0.25, 0.3) is 0 Å². The van der Waals surface area contributed by atoms with Crippen LogP contribution in [-0.4, -0.2) is 18.1 Å². The largest absolute Gasteiger partial charge is 0.350 e. The Kier molecular flexibility index (Phi) is 4.03. The molecule has 1 saturated carbocycles. The first-order valence-electron chi connectivity index (χ1n) is 4.80. The minimum atomic E-state index is -0.774. The fourth-order valence-corrected chi connectivity index (χ4v) is 1.59. The van der Waals surface area contributed by atoms with Gasteiger partial charge in [0.05, 0.1) is 0 Å². The quantitative estimate of drug-likeness (QED) is 0.455. The lowest BCUT2D eigenvalue weighted by Gasteiger charge is -2.22. The van der Waals surface area contributed by atoms with Gasteiger partial charge in [0.25, 0.3) is 0 Å². The smallest absolute Gasteiger partial charge is 0.333 e. The van der Waals surface area contributed by atoms with Gasteiger partial charge in [-0.15, -0.1) is 0 Å². The molecule has 0 radical (unpaired) electrons. The second-order valence-corrected chi connectivity index (χ2v) is 3.42. The predicted octanol–water partition coefficient (Wildman–Crippen LogP) is 0.202. The van der Waals surface area contributed by atoms with Gasteiger partial charge in [0.15, 0.2) is 0 Å². The van der Waals surface area contributed by atoms with Gasteiger partial charge >= 0.3 is 12.1 Å². The summed E-state index contributed by atoms with van der Waals surface area (Å²) in [6.45, 7) is 0. The lowest BCUT2D eigenvalue weighted by atomic mass is 9.96. The summed E-state index contributed by atoms with van der Waals surface area (Å²) >= 11 is 0. The van der Waals surface area contributed by atoms with Crippen molar-refractivity contribution in [2.75, 3.05) is 0 Å². The molecule has 1 fully saturated rings. The van der Waals surface area contributed by atoms with E-state index in [2.05, 4.69) is 10.7 Å². The van der Waals surface area contributed by atoms with Crippen molar-refractivity contribution in [1.82, 2.24) is 16.2 Å². The van der Waals surface area contributed by atoms with Crippen molar-refractivity contribution in [1.29, 1.82) is 0 Å². The van der Waals surface area contributed by atoms with Gasteiger partial charge in [-0.05, 0) is 12.8 Å². The number of carbonyl (C=O) groups excluding carboxylic acids is 2. The van der Waals surface area contributed by atoms with E-state index in [9.17, 15) is 9.59 Å². The van der Waals surface area contributed by atoms with Crippen LogP contribution in [0.2, 0.25) is 0 Å². The molecule has 1 aliphatic carbocycles. The number of rotatable bonds is 1. The van der Waals surface area contributed by atoms with Crippen LogP contribution in [0.15, 0.2) is 0 Å². The molecule has 6 nitrogen and oxygen atoms in total. The first kappa shape index (κ1) is 10.6. The van der Waals surface area contributed by atoms with Crippen molar-refractivity contribution in [3.63, 3.8) is 0 Å². The van der Waals surface area contributed by atoms with E-state index in [1.807, 2.05) is 5.43 Å². The number of nitrogens with two attached hydrogens (primary N) is 1. The van der Waals surface area contributed by atoms with Crippen LogP contribution < -0.4 is 21.9 Å². The highest BCUT2D eigenvalue weighted by molar-refractivity contribution is 5.79. The molecule has 80 valence electrons. The molecule has 0 saturated heterocycles. The Balaban J connectivity index is 2.15. The lowest BCUT2D eigenvalue weighted by molar-refractivity contribution is 0.222. The second kappa shape index (κ2) is 5.31. The van der Waals surface area contributed by atoms with Gasteiger partial charge in [-0.1, -0.05) is 19.3 Å². The first-order valence-corrected chi connectivity index (χ1v) is 4.80. The molecule has 0 bridgehead atoms. The van der Waals surface area contributed by atoms with Crippen LogP contribution in [0, 0.1) is 0 Å². The number of nitrogens with one attached hydrogen (secondary N) is 3. The third-order valence-corrected chi connectivity index (χ3v) is 2.24. The minimum Gasteiger partial charge on any atom is -0.350 e. The molecule has 0 aromatic carbocycles. The second-order valence-electron chi connectivity index (χ2n) is 3.42. The van der Waals surface area contributed by atoms with Crippen LogP contribution in [-0.2, 0) is 0 Å². The summed E-state index contributed by atoms with van der Waals surface area (Å²) < 4.78 is 0. The number of carbonyl (C=O) groups is 2. The third-order valence-electron chi connectivity index (χ3n) is 2.24. The predicted molar refractivity (Wildman–Crippen MR) is 51.3 cm³/mol. The molecule has 1 aliphatic rings. The van der Waals surface area contributed by atoms with E-state index in [1.54, 1.807) is 0 Å². The molecule has 0 atom stereocenters. The minimum absolute atomic E-state index is 0.221. The summed E-state index contributed by atoms with van der Waals surface area (Å²) in [7, 11) is 0. The maximum Gasteiger partial charge on any atom is 0.333 e. The maximum absolute atomic E-state index is 11.1. The molecular formula is C8H16N4O2. The number of urea groups is 2. The molecule has 4 amide bonds. The van der Waals surface area contributed by atoms with Crippen LogP contribution in [0.4, 0.5) is 9.59 Å². The molecular weight excluding hydrogens is 184 g/mol. The number of primary amides is 1. The number of amides is 4. The topological polar surface area (TPSA) is 96.2 Å². The fourth-order valence-electron chi connectivity index (χ4n) is 1.59. The van der Waals surface area contributed by atoms with Crippen molar-refractivity contribution in [3.8, 4) is 0 Å². The van der Waals surface area contributed by atoms with E-state index in [0.29, 0.717) is 0 Å². The van der Waals surface area contributed by atoms with Crippen LogP contribution in [0.1, 0.15) is 32.1 Å². The monoisotopic (exact) mass is 200 g/mol. The van der Waals surface area contributed by atoms with Crippen molar-refractivity contribution >= 4 is 12.1 Å². The zero-order valence-electron chi connectivity index (χ0n) is 8.01. The van der Waals surface area contributed by atoms with Crippen molar-refractivity contribution < 1.29 is 9.59 Å². The summed E-state index contributed by atoms with van der Waals surface area (Å²) in [6.07, 6.45) is 5.54. The highest BCUT2D eigenvalue weighted by Gasteiger charge is 2.15. The van der Waals surface area contributed by atoms with Crippen LogP contribution in [0.3, 0.4) is 0 Å². The van der Waals surface area contributed by atoms with Gasteiger partial charge in [0, 0.05) is 6.04 Å². The highest BCUT2D eigenvalue weighted by atomic mass is 16.2. The van der Waals surface area contributed by atoms with E-state index in [0.717, 1.165) is 25.7 Å². The number of hydrazine groups is 1. The Bertz CT molecular complexity index is 213. The molecule has 0 aliphatic heterocycles. The summed E-state index contributed by atoms with van der Waals surface area (Å²) in [5.74, 6) is 0. The standard InChI is InChI=1S/C8H16N4O2/c9-7(13)11-12-8(14)10-6-4-2-1-3-5-6/h6H,1-5H2,(H3,9,11,13)(H2,10,12,14). The van der Waals surface area contributed by atoms with Gasteiger partial charge in [0.1, 0.15) is 0 Å². The average Bonchev–Trinajstić information content (AvgIpc) is 2.16. The van der Waals surface area contributed by atoms with E-state index < -0.39 is 12.1 Å². The van der Waals surface area contributed by atoms with Gasteiger partial charge in [-0.2, -0.15) is 0 Å². The lowest BCUT2D eigenvalue weighted by Crippen LogP contribution is -2.51.